The first-order chi connectivity index (χ1) is 14.8. The number of rotatable bonds is 4. The molecule has 0 fully saturated rings. The van der Waals surface area contributed by atoms with Crippen LogP contribution in [0, 0.1) is 5.82 Å². The lowest BCUT2D eigenvalue weighted by Crippen LogP contribution is -2.40. The van der Waals surface area contributed by atoms with Crippen LogP contribution in [0.3, 0.4) is 0 Å². The Morgan fingerprint density at radius 1 is 0.935 bits per heavy atom. The molecule has 4 aromatic rings. The van der Waals surface area contributed by atoms with Crippen LogP contribution in [-0.2, 0) is 11.3 Å². The number of amides is 1. The van der Waals surface area contributed by atoms with Gasteiger partial charge in [0.15, 0.2) is 0 Å². The van der Waals surface area contributed by atoms with Crippen LogP contribution in [0.4, 0.5) is 10.1 Å². The number of hydrogen-bond acceptors (Lipinski definition) is 3. The standard InChI is InChI=1S/C22H14Cl2FN3O3/c23-17-10-9-15(11-18(17)24)28-21(30)16-3-1-2-4-19(16)27(22(28)31)12-20(29)26-14-7-5-13(25)6-8-14/h1-11H,12H2,(H,26,29). The number of para-hydroxylation sites is 1. The van der Waals surface area contributed by atoms with Gasteiger partial charge in [0.2, 0.25) is 5.91 Å². The summed E-state index contributed by atoms with van der Waals surface area (Å²) in [6.45, 7) is -0.363. The summed E-state index contributed by atoms with van der Waals surface area (Å²) in [6.07, 6.45) is 0. The predicted molar refractivity (Wildman–Crippen MR) is 119 cm³/mol. The van der Waals surface area contributed by atoms with Gasteiger partial charge < -0.3 is 5.32 Å². The molecule has 0 saturated carbocycles. The Morgan fingerprint density at radius 2 is 1.65 bits per heavy atom. The van der Waals surface area contributed by atoms with Crippen molar-refractivity contribution in [2.24, 2.45) is 0 Å². The first-order valence-electron chi connectivity index (χ1n) is 9.10. The van der Waals surface area contributed by atoms with Crippen LogP contribution in [-0.4, -0.2) is 15.0 Å². The number of hydrogen-bond donors (Lipinski definition) is 1. The number of fused-ring (bicyclic) bond motifs is 1. The van der Waals surface area contributed by atoms with Crippen molar-refractivity contribution in [3.05, 3.63) is 103 Å². The van der Waals surface area contributed by atoms with E-state index in [4.69, 9.17) is 23.2 Å². The fraction of sp³-hybridized carbons (Fsp3) is 0.0455. The van der Waals surface area contributed by atoms with E-state index in [1.807, 2.05) is 0 Å². The van der Waals surface area contributed by atoms with Crippen LogP contribution in [0.15, 0.2) is 76.3 Å². The van der Waals surface area contributed by atoms with Crippen molar-refractivity contribution < 1.29 is 9.18 Å². The Hall–Kier alpha value is -3.42. The predicted octanol–water partition coefficient (Wildman–Crippen LogP) is 4.24. The highest BCUT2D eigenvalue weighted by Crippen LogP contribution is 2.23. The van der Waals surface area contributed by atoms with Crippen molar-refractivity contribution >= 4 is 45.7 Å². The van der Waals surface area contributed by atoms with E-state index >= 15 is 0 Å². The molecule has 1 heterocycles. The molecular weight excluding hydrogens is 444 g/mol. The van der Waals surface area contributed by atoms with Crippen LogP contribution in [0.5, 0.6) is 0 Å². The number of carbonyl (C=O) groups is 1. The quantitative estimate of drug-likeness (QED) is 0.498. The summed E-state index contributed by atoms with van der Waals surface area (Å²) in [7, 11) is 0. The van der Waals surface area contributed by atoms with Crippen LogP contribution in [0.2, 0.25) is 10.0 Å². The molecule has 0 saturated heterocycles. The van der Waals surface area contributed by atoms with Crippen molar-refractivity contribution in [3.63, 3.8) is 0 Å². The highest BCUT2D eigenvalue weighted by molar-refractivity contribution is 6.42. The van der Waals surface area contributed by atoms with Gasteiger partial charge in [-0.2, -0.15) is 0 Å². The van der Waals surface area contributed by atoms with Gasteiger partial charge >= 0.3 is 5.69 Å². The van der Waals surface area contributed by atoms with Gasteiger partial charge in [-0.3, -0.25) is 14.2 Å². The molecule has 1 aromatic heterocycles. The highest BCUT2D eigenvalue weighted by Gasteiger charge is 2.17. The number of aromatic nitrogens is 2. The summed E-state index contributed by atoms with van der Waals surface area (Å²) in [6, 6.07) is 16.1. The molecular formula is C22H14Cl2FN3O3. The summed E-state index contributed by atoms with van der Waals surface area (Å²) >= 11 is 12.0. The summed E-state index contributed by atoms with van der Waals surface area (Å²) in [5.74, 6) is -0.952. The van der Waals surface area contributed by atoms with E-state index in [2.05, 4.69) is 5.32 Å². The second-order valence-corrected chi connectivity index (χ2v) is 7.49. The Bertz CT molecular complexity index is 1430. The minimum Gasteiger partial charge on any atom is -0.325 e. The molecule has 0 spiro atoms. The SMILES string of the molecule is O=C(Cn1c(=O)n(-c2ccc(Cl)c(Cl)c2)c(=O)c2ccccc21)Nc1ccc(F)cc1. The molecule has 1 amide bonds. The number of carbonyl (C=O) groups excluding carboxylic acids is 1. The van der Waals surface area contributed by atoms with Gasteiger partial charge in [-0.05, 0) is 54.6 Å². The Labute approximate surface area is 185 Å². The third-order valence-electron chi connectivity index (χ3n) is 4.64. The average molecular weight is 458 g/mol. The average Bonchev–Trinajstić information content (AvgIpc) is 2.75. The molecule has 0 aliphatic heterocycles. The summed E-state index contributed by atoms with van der Waals surface area (Å²) < 4.78 is 15.2. The van der Waals surface area contributed by atoms with Crippen LogP contribution >= 0.6 is 23.2 Å². The topological polar surface area (TPSA) is 73.1 Å². The monoisotopic (exact) mass is 457 g/mol. The molecule has 31 heavy (non-hydrogen) atoms. The number of benzene rings is 3. The van der Waals surface area contributed by atoms with E-state index in [0.717, 1.165) is 4.57 Å². The molecule has 1 N–H and O–H groups in total. The van der Waals surface area contributed by atoms with Crippen LogP contribution in [0.1, 0.15) is 0 Å². The second kappa shape index (κ2) is 8.37. The second-order valence-electron chi connectivity index (χ2n) is 6.68. The van der Waals surface area contributed by atoms with Crippen molar-refractivity contribution in [1.82, 2.24) is 9.13 Å². The molecule has 156 valence electrons. The Morgan fingerprint density at radius 3 is 2.35 bits per heavy atom. The lowest BCUT2D eigenvalue weighted by Gasteiger charge is -2.14. The van der Waals surface area contributed by atoms with Crippen LogP contribution in [0.25, 0.3) is 16.6 Å². The van der Waals surface area contributed by atoms with Gasteiger partial charge in [-0.15, -0.1) is 0 Å². The minimum atomic E-state index is -0.712. The normalized spacial score (nSPS) is 10.9. The Balaban J connectivity index is 1.83. The van der Waals surface area contributed by atoms with Crippen molar-refractivity contribution in [2.45, 2.75) is 6.54 Å². The summed E-state index contributed by atoms with van der Waals surface area (Å²) in [4.78, 5) is 38.9. The van der Waals surface area contributed by atoms with Gasteiger partial charge in [0.1, 0.15) is 12.4 Å². The third-order valence-corrected chi connectivity index (χ3v) is 5.38. The van der Waals surface area contributed by atoms with Crippen molar-refractivity contribution in [2.75, 3.05) is 5.32 Å². The van der Waals surface area contributed by atoms with Crippen LogP contribution < -0.4 is 16.6 Å². The molecule has 0 aliphatic rings. The maximum Gasteiger partial charge on any atom is 0.336 e. The molecule has 3 aromatic carbocycles. The zero-order valence-electron chi connectivity index (χ0n) is 15.8. The van der Waals surface area contributed by atoms with Crippen molar-refractivity contribution in [3.8, 4) is 5.69 Å². The van der Waals surface area contributed by atoms with E-state index in [-0.39, 0.29) is 27.7 Å². The van der Waals surface area contributed by atoms with E-state index in [0.29, 0.717) is 11.2 Å². The lowest BCUT2D eigenvalue weighted by molar-refractivity contribution is -0.116. The third kappa shape index (κ3) is 4.10. The zero-order chi connectivity index (χ0) is 22.1. The molecule has 0 atom stereocenters. The maximum atomic E-state index is 13.3. The maximum absolute atomic E-state index is 13.3. The molecule has 0 bridgehead atoms. The van der Waals surface area contributed by atoms with E-state index < -0.39 is 23.0 Å². The Kier molecular flexibility index (Phi) is 5.63. The summed E-state index contributed by atoms with van der Waals surface area (Å²) in [5.41, 5.74) is -0.349. The fourth-order valence-corrected chi connectivity index (χ4v) is 3.50. The van der Waals surface area contributed by atoms with Crippen molar-refractivity contribution in [1.29, 1.82) is 0 Å². The minimum absolute atomic E-state index is 0.180. The smallest absolute Gasteiger partial charge is 0.325 e. The highest BCUT2D eigenvalue weighted by atomic mass is 35.5. The lowest BCUT2D eigenvalue weighted by atomic mass is 10.2. The number of nitrogens with one attached hydrogen (secondary N) is 1. The van der Waals surface area contributed by atoms with Gasteiger partial charge in [0.05, 0.1) is 26.6 Å². The first kappa shape index (κ1) is 20.8. The molecule has 0 unspecified atom stereocenters. The number of anilines is 1. The van der Waals surface area contributed by atoms with Gasteiger partial charge in [-0.1, -0.05) is 35.3 Å². The van der Waals surface area contributed by atoms with Gasteiger partial charge in [0, 0.05) is 5.69 Å². The molecule has 4 rings (SSSR count). The molecule has 9 heteroatoms. The van der Waals surface area contributed by atoms with E-state index in [9.17, 15) is 18.8 Å². The number of nitrogens with zero attached hydrogens (tertiary/aromatic N) is 2. The van der Waals surface area contributed by atoms with E-state index in [1.54, 1.807) is 24.3 Å². The molecule has 6 nitrogen and oxygen atoms in total. The largest absolute Gasteiger partial charge is 0.336 e. The van der Waals surface area contributed by atoms with Gasteiger partial charge in [0.25, 0.3) is 5.56 Å². The molecule has 0 radical (unpaired) electrons. The first-order valence-corrected chi connectivity index (χ1v) is 9.86. The summed E-state index contributed by atoms with van der Waals surface area (Å²) in [5, 5.41) is 3.32. The number of halogens is 3. The van der Waals surface area contributed by atoms with Gasteiger partial charge in [-0.25, -0.2) is 13.8 Å². The fourth-order valence-electron chi connectivity index (χ4n) is 3.20. The van der Waals surface area contributed by atoms with E-state index in [1.165, 1.54) is 47.0 Å². The zero-order valence-corrected chi connectivity index (χ0v) is 17.3. The molecule has 0 aliphatic carbocycles.